The minimum Gasteiger partial charge on any atom is -0.368 e. The summed E-state index contributed by atoms with van der Waals surface area (Å²) in [6, 6.07) is 10.4. The number of ether oxygens (including phenoxy) is 1. The van der Waals surface area contributed by atoms with E-state index in [1.165, 1.54) is 5.56 Å². The van der Waals surface area contributed by atoms with Crippen molar-refractivity contribution in [1.29, 1.82) is 0 Å². The molecule has 0 aliphatic carbocycles. The fraction of sp³-hybridized carbons (Fsp3) is 0.462. The van der Waals surface area contributed by atoms with Gasteiger partial charge in [-0.15, -0.1) is 0 Å². The zero-order valence-electron chi connectivity index (χ0n) is 9.13. The van der Waals surface area contributed by atoms with Crippen LogP contribution in [-0.2, 0) is 16.1 Å². The molecule has 2 atom stereocenters. The van der Waals surface area contributed by atoms with Crippen molar-refractivity contribution in [3.05, 3.63) is 35.9 Å². The Balaban J connectivity index is 1.68. The zero-order chi connectivity index (χ0) is 11.0. The number of nitrogens with zero attached hydrogens (tertiary/aromatic N) is 1. The molecule has 1 aromatic rings. The van der Waals surface area contributed by atoms with Gasteiger partial charge in [0.05, 0.1) is 12.5 Å². The van der Waals surface area contributed by atoms with Crippen LogP contribution in [0, 0.1) is 5.92 Å². The number of hydrogen-bond donors (Lipinski definition) is 0. The van der Waals surface area contributed by atoms with Gasteiger partial charge in [0, 0.05) is 19.6 Å². The summed E-state index contributed by atoms with van der Waals surface area (Å²) < 4.78 is 5.47. The van der Waals surface area contributed by atoms with Gasteiger partial charge < -0.3 is 4.74 Å². The van der Waals surface area contributed by atoms with Crippen LogP contribution in [0.4, 0.5) is 0 Å². The van der Waals surface area contributed by atoms with E-state index in [4.69, 9.17) is 4.74 Å². The number of hydrogen-bond acceptors (Lipinski definition) is 3. The molecule has 3 nitrogen and oxygen atoms in total. The second kappa shape index (κ2) is 4.00. The van der Waals surface area contributed by atoms with Crippen molar-refractivity contribution in [3.8, 4) is 0 Å². The largest absolute Gasteiger partial charge is 0.368 e. The van der Waals surface area contributed by atoms with E-state index < -0.39 is 0 Å². The van der Waals surface area contributed by atoms with Crippen molar-refractivity contribution < 1.29 is 9.53 Å². The number of fused-ring (bicyclic) bond motifs is 2. The molecule has 3 heteroatoms. The van der Waals surface area contributed by atoms with Gasteiger partial charge in [0.25, 0.3) is 0 Å². The van der Waals surface area contributed by atoms with Gasteiger partial charge in [0.1, 0.15) is 6.10 Å². The van der Waals surface area contributed by atoms with Crippen molar-refractivity contribution in [2.45, 2.75) is 12.6 Å². The van der Waals surface area contributed by atoms with Gasteiger partial charge in [-0.05, 0) is 5.56 Å². The van der Waals surface area contributed by atoms with E-state index in [9.17, 15) is 4.79 Å². The summed E-state index contributed by atoms with van der Waals surface area (Å²) in [7, 11) is 0. The number of likely N-dealkylation sites (tertiary alicyclic amines) is 1. The molecule has 2 bridgehead atoms. The summed E-state index contributed by atoms with van der Waals surface area (Å²) in [5, 5.41) is 0. The highest BCUT2D eigenvalue weighted by atomic mass is 16.5. The van der Waals surface area contributed by atoms with E-state index in [0.29, 0.717) is 12.4 Å². The maximum Gasteiger partial charge on any atom is 0.169 e. The molecule has 3 rings (SSSR count). The normalized spacial score (nSPS) is 29.6. The highest BCUT2D eigenvalue weighted by molar-refractivity contribution is 5.88. The molecular formula is C13H15NO2. The van der Waals surface area contributed by atoms with Crippen LogP contribution in [0.5, 0.6) is 0 Å². The van der Waals surface area contributed by atoms with Crippen molar-refractivity contribution in [2.24, 2.45) is 5.92 Å². The molecule has 0 radical (unpaired) electrons. The van der Waals surface area contributed by atoms with E-state index in [0.717, 1.165) is 19.6 Å². The first kappa shape index (κ1) is 10.00. The summed E-state index contributed by atoms with van der Waals surface area (Å²) in [6.07, 6.45) is -0.164. The van der Waals surface area contributed by atoms with Crippen LogP contribution >= 0.6 is 0 Å². The first-order valence-corrected chi connectivity index (χ1v) is 5.74. The molecule has 0 aromatic heterocycles. The Morgan fingerprint density at radius 1 is 1.25 bits per heavy atom. The predicted octanol–water partition coefficient (Wildman–Crippen LogP) is 1.09. The van der Waals surface area contributed by atoms with Crippen molar-refractivity contribution in [1.82, 2.24) is 4.90 Å². The molecule has 2 saturated heterocycles. The van der Waals surface area contributed by atoms with Gasteiger partial charge in [-0.3, -0.25) is 9.69 Å². The molecule has 0 saturated carbocycles. The van der Waals surface area contributed by atoms with E-state index in [1.807, 2.05) is 6.07 Å². The van der Waals surface area contributed by atoms with Crippen LogP contribution in [0.1, 0.15) is 5.56 Å². The fourth-order valence-corrected chi connectivity index (χ4v) is 2.54. The monoisotopic (exact) mass is 217 g/mol. The third-order valence-electron chi connectivity index (χ3n) is 3.37. The van der Waals surface area contributed by atoms with Crippen LogP contribution in [0.2, 0.25) is 0 Å². The number of carbonyl (C=O) groups excluding carboxylic acids is 1. The lowest BCUT2D eigenvalue weighted by Crippen LogP contribution is -2.44. The Labute approximate surface area is 95.0 Å². The highest BCUT2D eigenvalue weighted by Crippen LogP contribution is 2.24. The topological polar surface area (TPSA) is 29.5 Å². The summed E-state index contributed by atoms with van der Waals surface area (Å²) in [5.41, 5.74) is 1.30. The first-order chi connectivity index (χ1) is 7.83. The van der Waals surface area contributed by atoms with Gasteiger partial charge in [0.2, 0.25) is 0 Å². The minimum atomic E-state index is -0.164. The maximum atomic E-state index is 11.6. The lowest BCUT2D eigenvalue weighted by Gasteiger charge is -2.29. The van der Waals surface area contributed by atoms with Gasteiger partial charge in [-0.25, -0.2) is 0 Å². The Hall–Kier alpha value is -1.19. The van der Waals surface area contributed by atoms with Crippen LogP contribution in [0.3, 0.4) is 0 Å². The molecule has 2 fully saturated rings. The van der Waals surface area contributed by atoms with Gasteiger partial charge in [-0.2, -0.15) is 0 Å². The van der Waals surface area contributed by atoms with Gasteiger partial charge in [0.15, 0.2) is 5.78 Å². The molecule has 84 valence electrons. The zero-order valence-corrected chi connectivity index (χ0v) is 9.13. The standard InChI is InChI=1S/C13H15NO2/c15-13-11-7-14(8-12(13)16-9-11)6-10-4-2-1-3-5-10/h1-5,11-12H,6-9H2/t11-,12-/m0/s1. The molecule has 0 unspecified atom stereocenters. The summed E-state index contributed by atoms with van der Waals surface area (Å²) in [4.78, 5) is 14.0. The second-order valence-electron chi connectivity index (χ2n) is 4.60. The third kappa shape index (κ3) is 1.77. The lowest BCUT2D eigenvalue weighted by atomic mass is 9.98. The average Bonchev–Trinajstić information content (AvgIpc) is 2.54. The maximum absolute atomic E-state index is 11.6. The lowest BCUT2D eigenvalue weighted by molar-refractivity contribution is -0.128. The molecule has 2 aliphatic rings. The smallest absolute Gasteiger partial charge is 0.169 e. The highest BCUT2D eigenvalue weighted by Gasteiger charge is 2.41. The van der Waals surface area contributed by atoms with E-state index in [2.05, 4.69) is 29.2 Å². The Kier molecular flexibility index (Phi) is 2.50. The number of piperidine rings is 1. The SMILES string of the molecule is O=C1[C@@H]2CO[C@H]1CN(Cc1ccccc1)C2. The van der Waals surface area contributed by atoms with Crippen LogP contribution in [0.25, 0.3) is 0 Å². The summed E-state index contributed by atoms with van der Waals surface area (Å²) in [5.74, 6) is 0.423. The first-order valence-electron chi connectivity index (χ1n) is 5.74. The average molecular weight is 217 g/mol. The number of benzene rings is 1. The number of rotatable bonds is 2. The fourth-order valence-electron chi connectivity index (χ4n) is 2.54. The summed E-state index contributed by atoms with van der Waals surface area (Å²) in [6.45, 7) is 3.15. The number of carbonyl (C=O) groups is 1. The van der Waals surface area contributed by atoms with E-state index in [-0.39, 0.29) is 12.0 Å². The van der Waals surface area contributed by atoms with Gasteiger partial charge in [-0.1, -0.05) is 30.3 Å². The van der Waals surface area contributed by atoms with E-state index in [1.54, 1.807) is 0 Å². The van der Waals surface area contributed by atoms with E-state index >= 15 is 0 Å². The predicted molar refractivity (Wildman–Crippen MR) is 60.0 cm³/mol. The molecule has 0 spiro atoms. The molecule has 1 aromatic carbocycles. The second-order valence-corrected chi connectivity index (χ2v) is 4.60. The van der Waals surface area contributed by atoms with Crippen molar-refractivity contribution in [3.63, 3.8) is 0 Å². The molecule has 16 heavy (non-hydrogen) atoms. The minimum absolute atomic E-state index is 0.113. The number of ketones is 1. The van der Waals surface area contributed by atoms with Crippen molar-refractivity contribution >= 4 is 5.78 Å². The van der Waals surface area contributed by atoms with Crippen molar-refractivity contribution in [2.75, 3.05) is 19.7 Å². The molecule has 0 amide bonds. The van der Waals surface area contributed by atoms with Crippen LogP contribution < -0.4 is 0 Å². The Bertz CT molecular complexity index is 374. The Morgan fingerprint density at radius 2 is 2.06 bits per heavy atom. The quantitative estimate of drug-likeness (QED) is 0.742. The summed E-state index contributed by atoms with van der Waals surface area (Å²) >= 11 is 0. The molecule has 0 N–H and O–H groups in total. The number of Topliss-reactive ketones (excluding diaryl/α,β-unsaturated/α-hetero) is 1. The van der Waals surface area contributed by atoms with Gasteiger partial charge >= 0.3 is 0 Å². The molecule has 2 aliphatic heterocycles. The molecule has 2 heterocycles. The molecular weight excluding hydrogens is 202 g/mol. The van der Waals surface area contributed by atoms with Crippen LogP contribution in [-0.4, -0.2) is 36.5 Å². The Morgan fingerprint density at radius 3 is 2.81 bits per heavy atom. The van der Waals surface area contributed by atoms with Crippen LogP contribution in [0.15, 0.2) is 30.3 Å². The third-order valence-corrected chi connectivity index (χ3v) is 3.37.